The lowest BCUT2D eigenvalue weighted by Crippen LogP contribution is -2.12. The van der Waals surface area contributed by atoms with E-state index in [2.05, 4.69) is 29.2 Å². The van der Waals surface area contributed by atoms with Gasteiger partial charge in [-0.05, 0) is 12.8 Å². The van der Waals surface area contributed by atoms with Crippen LogP contribution in [0.4, 0.5) is 5.82 Å². The minimum atomic E-state index is 0.425. The van der Waals surface area contributed by atoms with Crippen LogP contribution in [-0.4, -0.2) is 16.6 Å². The minimum Gasteiger partial charge on any atom is -0.373 e. The van der Waals surface area contributed by atoms with Crippen molar-refractivity contribution < 1.29 is 4.74 Å². The van der Waals surface area contributed by atoms with Crippen LogP contribution >= 0.6 is 0 Å². The highest BCUT2D eigenvalue weighted by Gasteiger charge is 2.02. The lowest BCUT2D eigenvalue weighted by atomic mass is 10.2. The van der Waals surface area contributed by atoms with Crippen LogP contribution in [0.5, 0.6) is 0 Å². The van der Waals surface area contributed by atoms with Crippen molar-refractivity contribution in [1.82, 2.24) is 9.97 Å². The first-order chi connectivity index (χ1) is 7.11. The first-order valence-corrected chi connectivity index (χ1v) is 5.00. The van der Waals surface area contributed by atoms with E-state index in [-0.39, 0.29) is 0 Å². The van der Waals surface area contributed by atoms with E-state index < -0.39 is 0 Å². The monoisotopic (exact) mass is 210 g/mol. The number of hydrazine groups is 1. The maximum absolute atomic E-state index is 5.44. The fraction of sp³-hybridized carbons (Fsp3) is 0.600. The zero-order valence-corrected chi connectivity index (χ0v) is 9.45. The van der Waals surface area contributed by atoms with E-state index in [0.717, 1.165) is 5.69 Å². The van der Waals surface area contributed by atoms with Crippen LogP contribution in [0.15, 0.2) is 6.07 Å². The largest absolute Gasteiger partial charge is 0.373 e. The number of hydrogen-bond donors (Lipinski definition) is 2. The van der Waals surface area contributed by atoms with Gasteiger partial charge in [0.05, 0.1) is 0 Å². The Morgan fingerprint density at radius 1 is 1.47 bits per heavy atom. The summed E-state index contributed by atoms with van der Waals surface area (Å²) in [6.45, 7) is 7.24. The molecule has 5 heteroatoms. The molecule has 0 bridgehead atoms. The molecule has 0 saturated carbocycles. The number of nitrogen functional groups attached to an aromatic ring is 1. The van der Waals surface area contributed by atoms with E-state index in [1.54, 1.807) is 6.07 Å². The molecule has 0 aliphatic heterocycles. The third-order valence-corrected chi connectivity index (χ3v) is 1.73. The summed E-state index contributed by atoms with van der Waals surface area (Å²) in [5, 5.41) is 0. The molecule has 0 spiro atoms. The van der Waals surface area contributed by atoms with E-state index in [1.165, 1.54) is 0 Å². The number of ether oxygens (including phenoxy) is 1. The topological polar surface area (TPSA) is 73.1 Å². The third kappa shape index (κ3) is 4.22. The van der Waals surface area contributed by atoms with Crippen molar-refractivity contribution >= 4 is 5.82 Å². The molecule has 5 nitrogen and oxygen atoms in total. The van der Waals surface area contributed by atoms with Gasteiger partial charge >= 0.3 is 0 Å². The molecule has 0 aliphatic carbocycles. The minimum absolute atomic E-state index is 0.425. The van der Waals surface area contributed by atoms with Crippen molar-refractivity contribution in [2.45, 2.75) is 27.4 Å². The third-order valence-electron chi connectivity index (χ3n) is 1.73. The molecule has 1 aromatic rings. The average molecular weight is 210 g/mol. The van der Waals surface area contributed by atoms with E-state index in [9.17, 15) is 0 Å². The number of anilines is 1. The lowest BCUT2D eigenvalue weighted by Gasteiger charge is -2.07. The van der Waals surface area contributed by atoms with E-state index in [1.807, 2.05) is 6.92 Å². The molecule has 1 heterocycles. The normalized spacial score (nSPS) is 10.7. The van der Waals surface area contributed by atoms with Crippen molar-refractivity contribution in [3.8, 4) is 0 Å². The maximum Gasteiger partial charge on any atom is 0.156 e. The lowest BCUT2D eigenvalue weighted by molar-refractivity contribution is 0.0923. The summed E-state index contributed by atoms with van der Waals surface area (Å²) in [5.41, 5.74) is 3.38. The standard InChI is InChI=1S/C10H18N4O/c1-7(2)5-15-6-10-12-8(3)4-9(13-10)14-11/h4,7H,5-6,11H2,1-3H3,(H,12,13,14). The summed E-state index contributed by atoms with van der Waals surface area (Å²) in [6, 6.07) is 1.78. The Hall–Kier alpha value is -1.20. The van der Waals surface area contributed by atoms with Crippen molar-refractivity contribution in [2.24, 2.45) is 11.8 Å². The highest BCUT2D eigenvalue weighted by Crippen LogP contribution is 2.06. The molecule has 0 saturated heterocycles. The first kappa shape index (κ1) is 11.9. The van der Waals surface area contributed by atoms with Crippen molar-refractivity contribution in [3.63, 3.8) is 0 Å². The Kier molecular flexibility index (Phi) is 4.45. The molecule has 0 aliphatic rings. The van der Waals surface area contributed by atoms with Crippen LogP contribution in [0.25, 0.3) is 0 Å². The van der Waals surface area contributed by atoms with Gasteiger partial charge in [0.15, 0.2) is 5.82 Å². The van der Waals surface area contributed by atoms with Crippen molar-refractivity contribution in [1.29, 1.82) is 0 Å². The molecule has 0 radical (unpaired) electrons. The van der Waals surface area contributed by atoms with Crippen LogP contribution in [-0.2, 0) is 11.3 Å². The van der Waals surface area contributed by atoms with Gasteiger partial charge < -0.3 is 10.2 Å². The summed E-state index contributed by atoms with van der Waals surface area (Å²) < 4.78 is 5.44. The quantitative estimate of drug-likeness (QED) is 0.565. The molecule has 0 unspecified atom stereocenters. The fourth-order valence-electron chi connectivity index (χ4n) is 1.15. The molecular formula is C10H18N4O. The number of aryl methyl sites for hydroxylation is 1. The first-order valence-electron chi connectivity index (χ1n) is 5.00. The van der Waals surface area contributed by atoms with Gasteiger partial charge in [0, 0.05) is 18.4 Å². The summed E-state index contributed by atoms with van der Waals surface area (Å²) in [7, 11) is 0. The average Bonchev–Trinajstić information content (AvgIpc) is 2.16. The fourth-order valence-corrected chi connectivity index (χ4v) is 1.15. The summed E-state index contributed by atoms with van der Waals surface area (Å²) in [5.74, 6) is 7.07. The number of rotatable bonds is 5. The second-order valence-corrected chi connectivity index (χ2v) is 3.86. The van der Waals surface area contributed by atoms with Gasteiger partial charge in [0.25, 0.3) is 0 Å². The van der Waals surface area contributed by atoms with Gasteiger partial charge in [-0.3, -0.25) is 0 Å². The molecule has 0 aromatic carbocycles. The van der Waals surface area contributed by atoms with Gasteiger partial charge in [-0.15, -0.1) is 0 Å². The van der Waals surface area contributed by atoms with Crippen LogP contribution < -0.4 is 11.3 Å². The number of nitrogens with zero attached hydrogens (tertiary/aromatic N) is 2. The van der Waals surface area contributed by atoms with Gasteiger partial charge in [-0.1, -0.05) is 13.8 Å². The molecule has 1 aromatic heterocycles. The zero-order chi connectivity index (χ0) is 11.3. The predicted molar refractivity (Wildman–Crippen MR) is 59.1 cm³/mol. The Morgan fingerprint density at radius 3 is 2.80 bits per heavy atom. The van der Waals surface area contributed by atoms with Gasteiger partial charge in [0.1, 0.15) is 12.4 Å². The summed E-state index contributed by atoms with van der Waals surface area (Å²) in [4.78, 5) is 8.42. The number of nitrogens with one attached hydrogen (secondary N) is 1. The smallest absolute Gasteiger partial charge is 0.156 e. The van der Waals surface area contributed by atoms with Gasteiger partial charge in [-0.25, -0.2) is 15.8 Å². The molecule has 0 atom stereocenters. The number of aromatic nitrogens is 2. The van der Waals surface area contributed by atoms with E-state index in [0.29, 0.717) is 30.8 Å². The molecule has 84 valence electrons. The Balaban J connectivity index is 2.56. The second-order valence-electron chi connectivity index (χ2n) is 3.86. The second kappa shape index (κ2) is 5.63. The van der Waals surface area contributed by atoms with Crippen molar-refractivity contribution in [3.05, 3.63) is 17.6 Å². The van der Waals surface area contributed by atoms with Crippen LogP contribution in [0.2, 0.25) is 0 Å². The highest BCUT2D eigenvalue weighted by molar-refractivity contribution is 5.33. The Morgan fingerprint density at radius 2 is 2.20 bits per heavy atom. The molecular weight excluding hydrogens is 192 g/mol. The van der Waals surface area contributed by atoms with Crippen molar-refractivity contribution in [2.75, 3.05) is 12.0 Å². The summed E-state index contributed by atoms with van der Waals surface area (Å²) in [6.07, 6.45) is 0. The van der Waals surface area contributed by atoms with Gasteiger partial charge in [-0.2, -0.15) is 0 Å². The molecule has 0 fully saturated rings. The maximum atomic E-state index is 5.44. The Bertz CT molecular complexity index is 314. The molecule has 3 N–H and O–H groups in total. The zero-order valence-electron chi connectivity index (χ0n) is 9.45. The predicted octanol–water partition coefficient (Wildman–Crippen LogP) is 1.24. The van der Waals surface area contributed by atoms with Crippen LogP contribution in [0.1, 0.15) is 25.4 Å². The number of hydrogen-bond acceptors (Lipinski definition) is 5. The van der Waals surface area contributed by atoms with Gasteiger partial charge in [0.2, 0.25) is 0 Å². The number of nitrogens with two attached hydrogens (primary N) is 1. The molecule has 15 heavy (non-hydrogen) atoms. The van der Waals surface area contributed by atoms with E-state index in [4.69, 9.17) is 10.6 Å². The molecule has 0 amide bonds. The van der Waals surface area contributed by atoms with Crippen LogP contribution in [0.3, 0.4) is 0 Å². The Labute approximate surface area is 90.0 Å². The van der Waals surface area contributed by atoms with E-state index >= 15 is 0 Å². The highest BCUT2D eigenvalue weighted by atomic mass is 16.5. The van der Waals surface area contributed by atoms with Crippen LogP contribution in [0, 0.1) is 12.8 Å². The molecule has 1 rings (SSSR count). The summed E-state index contributed by atoms with van der Waals surface area (Å²) >= 11 is 0. The SMILES string of the molecule is Cc1cc(NN)nc(COCC(C)C)n1.